The summed E-state index contributed by atoms with van der Waals surface area (Å²) < 4.78 is 1.70. The van der Waals surface area contributed by atoms with Gasteiger partial charge in [0.1, 0.15) is 0 Å². The van der Waals surface area contributed by atoms with Gasteiger partial charge in [0.2, 0.25) is 0 Å². The van der Waals surface area contributed by atoms with Crippen molar-refractivity contribution in [1.29, 1.82) is 0 Å². The quantitative estimate of drug-likeness (QED) is 0.902. The van der Waals surface area contributed by atoms with Crippen LogP contribution in [0.15, 0.2) is 40.6 Å². The third kappa shape index (κ3) is 2.77. The molecule has 1 unspecified atom stereocenters. The molecule has 2 aromatic heterocycles. The van der Waals surface area contributed by atoms with Crippen LogP contribution in [0.4, 0.5) is 5.69 Å². The van der Waals surface area contributed by atoms with E-state index in [4.69, 9.17) is 0 Å². The van der Waals surface area contributed by atoms with Gasteiger partial charge in [0, 0.05) is 23.7 Å². The molecule has 0 radical (unpaired) electrons. The molecular formula is C13H16N2OS. The minimum Gasteiger partial charge on any atom is -0.377 e. The summed E-state index contributed by atoms with van der Waals surface area (Å²) in [5.41, 5.74) is 1.02. The van der Waals surface area contributed by atoms with E-state index in [0.717, 1.165) is 5.69 Å². The van der Waals surface area contributed by atoms with Gasteiger partial charge in [0.15, 0.2) is 0 Å². The van der Waals surface area contributed by atoms with Crippen molar-refractivity contribution in [1.82, 2.24) is 4.57 Å². The number of hydrogen-bond donors (Lipinski definition) is 1. The summed E-state index contributed by atoms with van der Waals surface area (Å²) in [6, 6.07) is 7.85. The monoisotopic (exact) mass is 248 g/mol. The molecule has 2 heterocycles. The van der Waals surface area contributed by atoms with Gasteiger partial charge in [-0.1, -0.05) is 6.07 Å². The zero-order valence-corrected chi connectivity index (χ0v) is 10.8. The van der Waals surface area contributed by atoms with Crippen LogP contribution < -0.4 is 10.9 Å². The summed E-state index contributed by atoms with van der Waals surface area (Å²) in [6.07, 6.45) is 1.87. The molecule has 3 nitrogen and oxygen atoms in total. The average molecular weight is 248 g/mol. The highest BCUT2D eigenvalue weighted by Crippen LogP contribution is 2.22. The lowest BCUT2D eigenvalue weighted by Crippen LogP contribution is -2.18. The Hall–Kier alpha value is -1.55. The Bertz CT molecular complexity index is 531. The van der Waals surface area contributed by atoms with E-state index in [0.29, 0.717) is 6.54 Å². The summed E-state index contributed by atoms with van der Waals surface area (Å²) in [4.78, 5) is 12.7. The maximum Gasteiger partial charge on any atom is 0.250 e. The number of thiophene rings is 1. The molecule has 0 fully saturated rings. The molecule has 17 heavy (non-hydrogen) atoms. The summed E-state index contributed by atoms with van der Waals surface area (Å²) in [7, 11) is 0. The van der Waals surface area contributed by atoms with Crippen LogP contribution in [0.3, 0.4) is 0 Å². The van der Waals surface area contributed by atoms with Gasteiger partial charge in [-0.05, 0) is 31.4 Å². The van der Waals surface area contributed by atoms with Crippen molar-refractivity contribution < 1.29 is 0 Å². The van der Waals surface area contributed by atoms with Crippen LogP contribution in [0, 0.1) is 0 Å². The van der Waals surface area contributed by atoms with E-state index >= 15 is 0 Å². The first-order valence-electron chi connectivity index (χ1n) is 5.71. The van der Waals surface area contributed by atoms with Crippen LogP contribution in [-0.4, -0.2) is 4.57 Å². The Labute approximate surface area is 105 Å². The van der Waals surface area contributed by atoms with E-state index in [-0.39, 0.29) is 11.6 Å². The number of pyridine rings is 1. The van der Waals surface area contributed by atoms with E-state index in [9.17, 15) is 4.79 Å². The Morgan fingerprint density at radius 1 is 1.41 bits per heavy atom. The lowest BCUT2D eigenvalue weighted by molar-refractivity contribution is 0.726. The molecule has 90 valence electrons. The highest BCUT2D eigenvalue weighted by molar-refractivity contribution is 7.10. The van der Waals surface area contributed by atoms with Gasteiger partial charge >= 0.3 is 0 Å². The highest BCUT2D eigenvalue weighted by atomic mass is 32.1. The largest absolute Gasteiger partial charge is 0.377 e. The average Bonchev–Trinajstić information content (AvgIpc) is 2.85. The minimum atomic E-state index is 0.0434. The molecule has 0 aliphatic carbocycles. The van der Waals surface area contributed by atoms with Gasteiger partial charge in [-0.2, -0.15) is 0 Å². The second kappa shape index (κ2) is 5.19. The van der Waals surface area contributed by atoms with Crippen LogP contribution in [0.5, 0.6) is 0 Å². The summed E-state index contributed by atoms with van der Waals surface area (Å²) in [5.74, 6) is 0. The van der Waals surface area contributed by atoms with Crippen molar-refractivity contribution in [2.24, 2.45) is 0 Å². The molecular weight excluding hydrogens is 232 g/mol. The molecule has 2 aromatic rings. The van der Waals surface area contributed by atoms with E-state index in [1.165, 1.54) is 4.88 Å². The molecule has 2 rings (SSSR count). The second-order valence-electron chi connectivity index (χ2n) is 3.92. The first-order chi connectivity index (χ1) is 8.20. The molecule has 0 aliphatic heterocycles. The number of rotatable bonds is 4. The first-order valence-corrected chi connectivity index (χ1v) is 6.59. The zero-order valence-electron chi connectivity index (χ0n) is 10.0. The number of aromatic nitrogens is 1. The van der Waals surface area contributed by atoms with E-state index in [2.05, 4.69) is 23.7 Å². The smallest absolute Gasteiger partial charge is 0.250 e. The van der Waals surface area contributed by atoms with Crippen molar-refractivity contribution in [2.75, 3.05) is 5.32 Å². The second-order valence-corrected chi connectivity index (χ2v) is 4.90. The fraction of sp³-hybridized carbons (Fsp3) is 0.308. The van der Waals surface area contributed by atoms with Crippen LogP contribution in [0.1, 0.15) is 24.8 Å². The van der Waals surface area contributed by atoms with E-state index in [1.807, 2.05) is 25.3 Å². The molecule has 0 saturated carbocycles. The van der Waals surface area contributed by atoms with Gasteiger partial charge in [0.05, 0.1) is 11.7 Å². The maximum atomic E-state index is 11.5. The van der Waals surface area contributed by atoms with E-state index in [1.54, 1.807) is 22.0 Å². The zero-order chi connectivity index (χ0) is 12.3. The SMILES string of the molecule is CCn1cc(NC(C)c2cccs2)ccc1=O. The maximum absolute atomic E-state index is 11.5. The van der Waals surface area contributed by atoms with Gasteiger partial charge in [0.25, 0.3) is 5.56 Å². The lowest BCUT2D eigenvalue weighted by Gasteiger charge is -2.14. The van der Waals surface area contributed by atoms with Crippen molar-refractivity contribution in [2.45, 2.75) is 26.4 Å². The standard InChI is InChI=1S/C13H16N2OS/c1-3-15-9-11(6-7-13(15)16)14-10(2)12-5-4-8-17-12/h4-10,14H,3H2,1-2H3. The fourth-order valence-corrected chi connectivity index (χ4v) is 2.46. The van der Waals surface area contributed by atoms with Crippen molar-refractivity contribution in [3.8, 4) is 0 Å². The van der Waals surface area contributed by atoms with E-state index < -0.39 is 0 Å². The minimum absolute atomic E-state index is 0.0434. The molecule has 0 aliphatic rings. The number of hydrogen-bond acceptors (Lipinski definition) is 3. The summed E-state index contributed by atoms with van der Waals surface area (Å²) in [5, 5.41) is 5.47. The third-order valence-electron chi connectivity index (χ3n) is 2.68. The molecule has 0 amide bonds. The molecule has 0 saturated heterocycles. The van der Waals surface area contributed by atoms with Gasteiger partial charge in [-0.25, -0.2) is 0 Å². The van der Waals surface area contributed by atoms with Crippen LogP contribution in [-0.2, 0) is 6.54 Å². The molecule has 0 bridgehead atoms. The van der Waals surface area contributed by atoms with Crippen molar-refractivity contribution >= 4 is 17.0 Å². The molecule has 0 aromatic carbocycles. The topological polar surface area (TPSA) is 34.0 Å². The number of nitrogens with zero attached hydrogens (tertiary/aromatic N) is 1. The normalized spacial score (nSPS) is 12.4. The summed E-state index contributed by atoms with van der Waals surface area (Å²) in [6.45, 7) is 4.78. The van der Waals surface area contributed by atoms with Crippen molar-refractivity contribution in [3.05, 3.63) is 51.1 Å². The van der Waals surface area contributed by atoms with Crippen molar-refractivity contribution in [3.63, 3.8) is 0 Å². The Kier molecular flexibility index (Phi) is 3.64. The summed E-state index contributed by atoms with van der Waals surface area (Å²) >= 11 is 1.73. The predicted molar refractivity (Wildman–Crippen MR) is 72.7 cm³/mol. The van der Waals surface area contributed by atoms with Crippen LogP contribution >= 0.6 is 11.3 Å². The van der Waals surface area contributed by atoms with Crippen LogP contribution in [0.2, 0.25) is 0 Å². The molecule has 1 N–H and O–H groups in total. The predicted octanol–water partition coefficient (Wildman–Crippen LogP) is 3.10. The molecule has 4 heteroatoms. The van der Waals surface area contributed by atoms with Gasteiger partial charge in [-0.15, -0.1) is 11.3 Å². The molecule has 0 spiro atoms. The van der Waals surface area contributed by atoms with Crippen LogP contribution in [0.25, 0.3) is 0 Å². The number of nitrogens with one attached hydrogen (secondary N) is 1. The van der Waals surface area contributed by atoms with Gasteiger partial charge in [-0.3, -0.25) is 4.79 Å². The molecule has 1 atom stereocenters. The lowest BCUT2D eigenvalue weighted by atomic mass is 10.2. The fourth-order valence-electron chi connectivity index (χ4n) is 1.72. The Balaban J connectivity index is 2.16. The number of anilines is 1. The Morgan fingerprint density at radius 3 is 2.88 bits per heavy atom. The number of aryl methyl sites for hydroxylation is 1. The third-order valence-corrected chi connectivity index (χ3v) is 3.73. The Morgan fingerprint density at radius 2 is 2.24 bits per heavy atom. The first kappa shape index (κ1) is 11.9. The highest BCUT2D eigenvalue weighted by Gasteiger charge is 2.06. The van der Waals surface area contributed by atoms with Gasteiger partial charge < -0.3 is 9.88 Å².